The number of allylic oxidation sites excluding steroid dienone is 1. The molecule has 1 aliphatic rings. The van der Waals surface area contributed by atoms with E-state index in [1.54, 1.807) is 0 Å². The molecule has 3 aromatic heterocycles. The van der Waals surface area contributed by atoms with Crippen LogP contribution in [0.4, 0.5) is 0 Å². The Balaban J connectivity index is 1.31. The molecule has 0 amide bonds. The lowest BCUT2D eigenvalue weighted by molar-refractivity contribution is 0.497. The molecule has 10 rings (SSSR count). The van der Waals surface area contributed by atoms with Crippen LogP contribution in [0.2, 0.25) is 0 Å². The van der Waals surface area contributed by atoms with Crippen molar-refractivity contribution in [3.63, 3.8) is 0 Å². The first kappa shape index (κ1) is 24.4. The third kappa shape index (κ3) is 3.40. The van der Waals surface area contributed by atoms with E-state index in [9.17, 15) is 0 Å². The van der Waals surface area contributed by atoms with E-state index in [-0.39, 0.29) is 0 Å². The molecule has 0 saturated carbocycles. The summed E-state index contributed by atoms with van der Waals surface area (Å²) in [5.74, 6) is 1.86. The monoisotopic (exact) mass is 577 g/mol. The zero-order valence-corrected chi connectivity index (χ0v) is 24.3. The second-order valence-electron chi connectivity index (χ2n) is 11.7. The van der Waals surface area contributed by atoms with Crippen LogP contribution in [0.3, 0.4) is 0 Å². The summed E-state index contributed by atoms with van der Waals surface area (Å²) in [6.07, 6.45) is 1.81. The Morgan fingerprint density at radius 1 is 0.400 bits per heavy atom. The van der Waals surface area contributed by atoms with Gasteiger partial charge in [-0.1, -0.05) is 109 Å². The van der Waals surface area contributed by atoms with E-state index in [1.807, 2.05) is 0 Å². The first-order chi connectivity index (χ1) is 22.3. The lowest BCUT2D eigenvalue weighted by Crippen LogP contribution is -2.32. The van der Waals surface area contributed by atoms with Crippen molar-refractivity contribution >= 4 is 77.1 Å². The normalized spacial score (nSPS) is 15.3. The van der Waals surface area contributed by atoms with Crippen molar-refractivity contribution in [2.45, 2.75) is 6.29 Å². The highest BCUT2D eigenvalue weighted by atomic mass is 15.4. The number of fused-ring (bicyclic) bond motifs is 9. The molecule has 0 fully saturated rings. The van der Waals surface area contributed by atoms with Crippen LogP contribution < -0.4 is 5.32 Å². The molecule has 6 aromatic carbocycles. The molecule has 0 saturated heterocycles. The van der Waals surface area contributed by atoms with Crippen molar-refractivity contribution < 1.29 is 0 Å². The van der Waals surface area contributed by atoms with Gasteiger partial charge in [-0.25, -0.2) is 4.99 Å². The van der Waals surface area contributed by atoms with Crippen molar-refractivity contribution in [1.82, 2.24) is 19.0 Å². The van der Waals surface area contributed by atoms with E-state index in [2.05, 4.69) is 171 Å². The minimum absolute atomic E-state index is 0.398. The number of hydrogen-bond donors (Lipinski definition) is 1. The average molecular weight is 578 g/mol. The molecule has 5 nitrogen and oxygen atoms in total. The number of nitrogens with one attached hydrogen (secondary N) is 1. The van der Waals surface area contributed by atoms with Gasteiger partial charge in [0.2, 0.25) is 6.29 Å². The Morgan fingerprint density at radius 3 is 1.16 bits per heavy atom. The van der Waals surface area contributed by atoms with Crippen LogP contribution in [0.5, 0.6) is 0 Å². The molecule has 5 heteroatoms. The largest absolute Gasteiger partial charge is 0.332 e. The maximum Gasteiger partial charge on any atom is 0.204 e. The van der Waals surface area contributed by atoms with Gasteiger partial charge < -0.3 is 9.88 Å². The average Bonchev–Trinajstić information content (AvgIpc) is 3.74. The minimum atomic E-state index is -0.398. The number of benzene rings is 6. The fourth-order valence-corrected chi connectivity index (χ4v) is 7.43. The lowest BCUT2D eigenvalue weighted by Gasteiger charge is -2.28. The molecule has 0 spiro atoms. The van der Waals surface area contributed by atoms with Crippen LogP contribution in [0.15, 0.2) is 157 Å². The van der Waals surface area contributed by atoms with Crippen LogP contribution in [-0.2, 0) is 0 Å². The van der Waals surface area contributed by atoms with Gasteiger partial charge in [0.15, 0.2) is 0 Å². The predicted octanol–water partition coefficient (Wildman–Crippen LogP) is 9.51. The zero-order valence-electron chi connectivity index (χ0n) is 24.3. The number of para-hydroxylation sites is 6. The van der Waals surface area contributed by atoms with Gasteiger partial charge in [0.05, 0.1) is 33.1 Å². The third-order valence-corrected chi connectivity index (χ3v) is 9.29. The second kappa shape index (κ2) is 9.21. The van der Waals surface area contributed by atoms with E-state index in [1.165, 1.54) is 32.3 Å². The van der Waals surface area contributed by atoms with Crippen molar-refractivity contribution in [2.75, 3.05) is 0 Å². The molecule has 0 aliphatic carbocycles. The van der Waals surface area contributed by atoms with E-state index < -0.39 is 6.29 Å². The molecule has 9 aromatic rings. The molecule has 1 atom stereocenters. The van der Waals surface area contributed by atoms with Crippen molar-refractivity contribution in [2.24, 2.45) is 4.99 Å². The summed E-state index contributed by atoms with van der Waals surface area (Å²) in [6.45, 7) is 0. The summed E-state index contributed by atoms with van der Waals surface area (Å²) in [5, 5.41) is 11.2. The second-order valence-corrected chi connectivity index (χ2v) is 11.7. The summed E-state index contributed by atoms with van der Waals surface area (Å²) >= 11 is 0. The summed E-state index contributed by atoms with van der Waals surface area (Å²) in [6, 6.07) is 51.8. The minimum Gasteiger partial charge on any atom is -0.332 e. The standard InChI is InChI=1S/C40H27N5/c1-7-19-32-26(13-1)27-14-2-8-20-33(27)43(32)38-25-39(44-34-21-9-3-15-28(34)29-16-4-10-22-35(29)44)42-40(41-38)45-36-23-11-5-17-30(36)31-18-6-12-24-37(31)45/h1-25,40-41H. The number of aromatic nitrogens is 3. The van der Waals surface area contributed by atoms with Gasteiger partial charge in [-0.05, 0) is 36.4 Å². The first-order valence-corrected chi connectivity index (χ1v) is 15.4. The molecule has 1 N–H and O–H groups in total. The van der Waals surface area contributed by atoms with Crippen molar-refractivity contribution in [3.8, 4) is 0 Å². The van der Waals surface area contributed by atoms with Crippen molar-refractivity contribution in [1.29, 1.82) is 0 Å². The van der Waals surface area contributed by atoms with Gasteiger partial charge in [-0.2, -0.15) is 0 Å². The van der Waals surface area contributed by atoms with Gasteiger partial charge in [-0.15, -0.1) is 0 Å². The number of hydrogen-bond acceptors (Lipinski definition) is 2. The zero-order chi connectivity index (χ0) is 29.5. The highest BCUT2D eigenvalue weighted by molar-refractivity contribution is 6.18. The van der Waals surface area contributed by atoms with Gasteiger partial charge in [0.1, 0.15) is 11.7 Å². The molecule has 1 unspecified atom stereocenters. The Bertz CT molecular complexity index is 2540. The predicted molar refractivity (Wildman–Crippen MR) is 188 cm³/mol. The summed E-state index contributed by atoms with van der Waals surface area (Å²) in [5.41, 5.74) is 6.87. The summed E-state index contributed by atoms with van der Waals surface area (Å²) in [4.78, 5) is 5.53. The van der Waals surface area contributed by atoms with E-state index >= 15 is 0 Å². The quantitative estimate of drug-likeness (QED) is 0.218. The maximum atomic E-state index is 5.53. The highest BCUT2D eigenvalue weighted by Crippen LogP contribution is 2.37. The number of rotatable bonds is 2. The lowest BCUT2D eigenvalue weighted by atomic mass is 10.2. The van der Waals surface area contributed by atoms with Crippen LogP contribution in [0.25, 0.3) is 71.2 Å². The van der Waals surface area contributed by atoms with Crippen LogP contribution in [0.1, 0.15) is 6.29 Å². The molecule has 212 valence electrons. The van der Waals surface area contributed by atoms with Gasteiger partial charge in [-0.3, -0.25) is 9.13 Å². The number of aliphatic imine (C=N–C) groups is 1. The van der Waals surface area contributed by atoms with E-state index in [0.29, 0.717) is 0 Å². The van der Waals surface area contributed by atoms with E-state index in [0.717, 1.165) is 44.8 Å². The smallest absolute Gasteiger partial charge is 0.204 e. The number of nitrogens with zero attached hydrogens (tertiary/aromatic N) is 4. The molecule has 45 heavy (non-hydrogen) atoms. The fourth-order valence-electron chi connectivity index (χ4n) is 7.43. The van der Waals surface area contributed by atoms with Gasteiger partial charge in [0.25, 0.3) is 0 Å². The topological polar surface area (TPSA) is 39.2 Å². The van der Waals surface area contributed by atoms with Crippen LogP contribution in [0, 0.1) is 0 Å². The van der Waals surface area contributed by atoms with Gasteiger partial charge >= 0.3 is 0 Å². The summed E-state index contributed by atoms with van der Waals surface area (Å²) < 4.78 is 7.02. The maximum absolute atomic E-state index is 5.53. The Morgan fingerprint density at radius 2 is 0.733 bits per heavy atom. The SMILES string of the molecule is C1=C(n2c3ccccc3c3ccccc32)NC(n2c3ccccc3c3ccccc32)N=C1n1c2ccccc2c2ccccc21. The van der Waals surface area contributed by atoms with Crippen LogP contribution >= 0.6 is 0 Å². The van der Waals surface area contributed by atoms with Gasteiger partial charge in [0, 0.05) is 38.4 Å². The molecule has 4 heterocycles. The Labute approximate surface area is 258 Å². The Kier molecular flexibility index (Phi) is 4.99. The molecule has 0 bridgehead atoms. The van der Waals surface area contributed by atoms with E-state index in [4.69, 9.17) is 4.99 Å². The molecule has 1 aliphatic heterocycles. The Hall–Kier alpha value is -6.07. The first-order valence-electron chi connectivity index (χ1n) is 15.4. The molecule has 0 radical (unpaired) electrons. The highest BCUT2D eigenvalue weighted by Gasteiger charge is 2.26. The summed E-state index contributed by atoms with van der Waals surface area (Å²) in [7, 11) is 0. The van der Waals surface area contributed by atoms with Crippen LogP contribution in [-0.4, -0.2) is 19.5 Å². The van der Waals surface area contributed by atoms with Crippen molar-refractivity contribution in [3.05, 3.63) is 152 Å². The molecular formula is C40H27N5. The molecular weight excluding hydrogens is 550 g/mol. The third-order valence-electron chi connectivity index (χ3n) is 9.29. The fraction of sp³-hybridized carbons (Fsp3) is 0.0250.